The molecular formula is C121H109F2Ir2N11O3-2. The van der Waals surface area contributed by atoms with Gasteiger partial charge in [0, 0.05) is 146 Å². The predicted molar refractivity (Wildman–Crippen MR) is 561 cm³/mol. The van der Waals surface area contributed by atoms with E-state index in [1.54, 1.807) is 19.2 Å². The second-order valence-electron chi connectivity index (χ2n) is 34.9. The number of halogens is 2. The van der Waals surface area contributed by atoms with Crippen LogP contribution in [0.25, 0.3) is 133 Å². The van der Waals surface area contributed by atoms with Crippen molar-refractivity contribution in [1.82, 2.24) is 19.4 Å². The Morgan fingerprint density at radius 1 is 0.576 bits per heavy atom. The SMILES string of the molecule is CC(=O)C=C(C)O.CC(C)N=Nc1c2c3c(cccc3c3ccccc13)CN2.CC(C)c1cccc(C(C)C)c1-n1cc[n+]2c1-c1ccccc1C2.CC([NH-])=CC(C)=Nc1ccccc1.CN1C=CN2c3c(ccc4c3oc3ccccc34)CC12.Fc1c[c-]c(-c2nccc3ccccc23)c(F)c1.[Ir].[Ir].[c-]1ccccc1-c1cc(-c2ccccc2)c2cc(-c3ccccc3)ccc2n1.c1ccccc1. The minimum Gasteiger partial charge on any atom is -0.702 e. The topological polar surface area (TPSA) is 164 Å². The number of hydrogen-bond donors (Lipinski definition) is 2. The van der Waals surface area contributed by atoms with Gasteiger partial charge in [0.15, 0.2) is 11.4 Å². The van der Waals surface area contributed by atoms with Gasteiger partial charge in [0.05, 0.1) is 39.9 Å². The second-order valence-corrected chi connectivity index (χ2v) is 34.9. The number of azo groups is 1. The number of para-hydroxylation sites is 3. The van der Waals surface area contributed by atoms with E-state index < -0.39 is 11.6 Å². The van der Waals surface area contributed by atoms with Crippen LogP contribution in [-0.4, -0.2) is 55.3 Å². The fourth-order valence-corrected chi connectivity index (χ4v) is 17.7. The normalized spacial score (nSPS) is 12.9. The summed E-state index contributed by atoms with van der Waals surface area (Å²) in [5.74, 6) is 0.945. The first-order valence-electron chi connectivity index (χ1n) is 46.3. The van der Waals surface area contributed by atoms with Gasteiger partial charge in [-0.05, 0) is 155 Å². The molecule has 1 atom stereocenters. The molecule has 14 nitrogen and oxygen atoms in total. The number of aliphatic imine (C=N–C) groups is 1. The standard InChI is InChI=1S/C27H18N.C22H25N2.C18H17N3.C17H14N2O.C15H8F2N.C11H13N2.C6H6.C5H8O2.2Ir/c1-4-10-20(11-5-1)23-16-17-26-25(18-23)24(21-12-6-2-7-13-21)19-27(28-26)22-14-8-3-9-15-22;1-15(2)18-10-7-11-19(16(3)4)21(18)24-13-12-23-14-17-8-5-6-9-20(17)22(23)24;1-11(2)20-21-17-15-8-4-3-7-13(15)14-9-5-6-12-10-19-18(17)16(12)14;1-18-8-9-19-15(18)10-11-6-7-13-12-4-2-3-5-14(12)20-17(13)16(11)19;16-11-5-6-13(14(17)9-11)15-12-4-2-1-3-10(12)7-8-18-15;1-9(12)8-10(2)13-11-6-4-3-5-7-11;1-2-4-6-5-3-1;1-4(6)3-5(2)7;;/h1-14,16-19H;5-13,15-16H,14H2,1-4H3;3-9,11,19H,10H2,1-2H3;2-9,15H,10H2,1H3;1-5,7-9H;3-8,12H,1-2H3;1-6H;3,6H,1-2H3;;/q-1;+1;;;2*-1;;;;. The predicted octanol–water partition coefficient (Wildman–Crippen LogP) is 31.6. The number of rotatable bonds is 12. The average Bonchev–Trinajstić information content (AvgIpc) is 1.60. The first-order valence-corrected chi connectivity index (χ1v) is 46.3. The number of pyridine rings is 2. The Balaban J connectivity index is 0.000000130. The maximum absolute atomic E-state index is 13.8. The van der Waals surface area contributed by atoms with Gasteiger partial charge >= 0.3 is 0 Å². The minimum absolute atomic E-state index is 0. The third-order valence-electron chi connectivity index (χ3n) is 23.9. The van der Waals surface area contributed by atoms with Crippen molar-refractivity contribution in [3.63, 3.8) is 0 Å². The van der Waals surface area contributed by atoms with Gasteiger partial charge in [-0.15, -0.1) is 48.0 Å². The summed E-state index contributed by atoms with van der Waals surface area (Å²) in [7, 11) is 2.13. The monoisotopic (exact) mass is 2190 g/mol. The number of furan rings is 1. The summed E-state index contributed by atoms with van der Waals surface area (Å²) in [4.78, 5) is 28.0. The summed E-state index contributed by atoms with van der Waals surface area (Å²) in [6.45, 7) is 21.6. The van der Waals surface area contributed by atoms with Crippen molar-refractivity contribution in [2.45, 2.75) is 113 Å². The summed E-state index contributed by atoms with van der Waals surface area (Å²) >= 11 is 0. The number of imidazole rings is 1. The molecule has 0 saturated heterocycles. The number of fused-ring (bicyclic) bond motifs is 14. The van der Waals surface area contributed by atoms with Crippen LogP contribution in [-0.2, 0) is 64.5 Å². The number of anilines is 2. The van der Waals surface area contributed by atoms with Crippen molar-refractivity contribution < 1.29 is 67.9 Å². The Labute approximate surface area is 839 Å². The van der Waals surface area contributed by atoms with E-state index >= 15 is 0 Å². The van der Waals surface area contributed by atoms with E-state index in [0.29, 0.717) is 29.4 Å². The fourth-order valence-electron chi connectivity index (χ4n) is 17.7. The van der Waals surface area contributed by atoms with Gasteiger partial charge in [0.25, 0.3) is 5.82 Å². The van der Waals surface area contributed by atoms with Crippen LogP contribution in [0.1, 0.15) is 109 Å². The quantitative estimate of drug-likeness (QED) is 0.0232. The van der Waals surface area contributed by atoms with Crippen LogP contribution in [0.4, 0.5) is 31.5 Å². The Kier molecular flexibility index (Phi) is 33.6. The summed E-state index contributed by atoms with van der Waals surface area (Å²) < 4.78 is 37.6. The summed E-state index contributed by atoms with van der Waals surface area (Å²) in [5.41, 5.74) is 33.0. The molecule has 15 aromatic carbocycles. The summed E-state index contributed by atoms with van der Waals surface area (Å²) in [5, 5.41) is 31.1. The number of nitrogens with one attached hydrogen (secondary N) is 2. The van der Waals surface area contributed by atoms with E-state index in [-0.39, 0.29) is 63.4 Å². The Morgan fingerprint density at radius 2 is 1.19 bits per heavy atom. The van der Waals surface area contributed by atoms with Crippen molar-refractivity contribution in [3.05, 3.63) is 452 Å². The van der Waals surface area contributed by atoms with Crippen molar-refractivity contribution in [2.75, 3.05) is 17.3 Å². The zero-order valence-corrected chi connectivity index (χ0v) is 84.3. The number of ketones is 1. The molecule has 4 aliphatic heterocycles. The number of nitrogens with zero attached hydrogens (tertiary/aromatic N) is 9. The number of aliphatic hydroxyl groups excluding tert-OH is 1. The van der Waals surface area contributed by atoms with Crippen molar-refractivity contribution in [2.24, 2.45) is 15.2 Å². The van der Waals surface area contributed by atoms with Gasteiger partial charge in [0.1, 0.15) is 42.1 Å². The molecule has 4 aliphatic rings. The zero-order chi connectivity index (χ0) is 95.6. The minimum atomic E-state index is -0.654. The average molecular weight is 2190 g/mol. The molecule has 1 unspecified atom stereocenters. The van der Waals surface area contributed by atoms with Crippen LogP contribution in [0.3, 0.4) is 0 Å². The third-order valence-corrected chi connectivity index (χ3v) is 23.9. The van der Waals surface area contributed by atoms with E-state index in [0.717, 1.165) is 104 Å². The van der Waals surface area contributed by atoms with E-state index in [2.05, 4.69) is 304 Å². The van der Waals surface area contributed by atoms with Crippen LogP contribution in [0.5, 0.6) is 0 Å². The molecule has 139 heavy (non-hydrogen) atoms. The molecule has 0 bridgehead atoms. The summed E-state index contributed by atoms with van der Waals surface area (Å²) in [6, 6.07) is 120. The van der Waals surface area contributed by atoms with Crippen molar-refractivity contribution in [3.8, 4) is 61.8 Å². The number of hydrogen-bond acceptors (Lipinski definition) is 11. The first kappa shape index (κ1) is 99.9. The van der Waals surface area contributed by atoms with Crippen molar-refractivity contribution >= 4 is 99.4 Å². The number of aromatic nitrogens is 4. The van der Waals surface area contributed by atoms with Crippen molar-refractivity contribution in [1.29, 1.82) is 0 Å². The molecule has 0 saturated carbocycles. The number of likely N-dealkylation sites (N-methyl/N-ethyl adjacent to an activating group) is 1. The molecule has 23 rings (SSSR count). The Hall–Kier alpha value is -15.0. The largest absolute Gasteiger partial charge is 0.702 e. The molecule has 19 aromatic rings. The molecule has 0 fully saturated rings. The zero-order valence-electron chi connectivity index (χ0n) is 79.5. The molecule has 0 amide bonds. The molecule has 0 aliphatic carbocycles. The van der Waals surface area contributed by atoms with E-state index in [1.807, 2.05) is 160 Å². The molecule has 700 valence electrons. The van der Waals surface area contributed by atoms with Gasteiger partial charge in [-0.1, -0.05) is 313 Å². The molecule has 0 spiro atoms. The van der Waals surface area contributed by atoms with Gasteiger partial charge in [0.2, 0.25) is 0 Å². The molecule has 18 heteroatoms. The molecule has 3 N–H and O–H groups in total. The Morgan fingerprint density at radius 3 is 1.86 bits per heavy atom. The second kappa shape index (κ2) is 46.7. The van der Waals surface area contributed by atoms with E-state index in [4.69, 9.17) is 20.2 Å². The van der Waals surface area contributed by atoms with E-state index in [1.165, 1.54) is 120 Å². The van der Waals surface area contributed by atoms with Crippen LogP contribution in [0, 0.1) is 23.8 Å². The smallest absolute Gasteiger partial charge is 0.294 e. The number of carbonyl (C=O) groups excluding carboxylic acids is 1. The molecule has 2 radical (unpaired) electrons. The van der Waals surface area contributed by atoms with Crippen LogP contribution in [0.2, 0.25) is 0 Å². The molecular weight excluding hydrogens is 2080 g/mol. The number of carbonyl (C=O) groups is 1. The summed E-state index contributed by atoms with van der Waals surface area (Å²) in [6.07, 6.45) is 14.7. The fraction of sp³-hybridized carbons (Fsp3) is 0.149. The number of allylic oxidation sites excluding steroid dienone is 4. The third kappa shape index (κ3) is 23.6. The maximum Gasteiger partial charge on any atom is 0.294 e. The van der Waals surface area contributed by atoms with Gasteiger partial charge in [-0.2, -0.15) is 20.5 Å². The van der Waals surface area contributed by atoms with Crippen LogP contribution >= 0.6 is 0 Å². The van der Waals surface area contributed by atoms with E-state index in [9.17, 15) is 13.6 Å². The molecule has 8 heterocycles. The number of aliphatic hydroxyl groups is 1. The van der Waals surface area contributed by atoms with Crippen LogP contribution < -0.4 is 14.8 Å². The van der Waals surface area contributed by atoms with Gasteiger partial charge < -0.3 is 35.4 Å². The van der Waals surface area contributed by atoms with Gasteiger partial charge in [-0.25, -0.2) is 4.57 Å². The van der Waals surface area contributed by atoms with Gasteiger partial charge in [-0.3, -0.25) is 23.6 Å². The Bertz CT molecular complexity index is 7610. The maximum atomic E-state index is 13.8. The first-order chi connectivity index (χ1) is 66.6. The number of benzene rings is 15. The van der Waals surface area contributed by atoms with Crippen LogP contribution in [0.15, 0.2) is 414 Å². The molecule has 4 aromatic heterocycles.